The monoisotopic (exact) mass is 297 g/mol. The van der Waals surface area contributed by atoms with Gasteiger partial charge in [-0.3, -0.25) is 0 Å². The molecule has 0 bridgehead atoms. The Labute approximate surface area is 131 Å². The van der Waals surface area contributed by atoms with Gasteiger partial charge in [0.05, 0.1) is 13.2 Å². The molecule has 0 N–H and O–H groups in total. The number of likely N-dealkylation sites (N-methyl/N-ethyl adjacent to an activating group) is 1. The molecule has 1 unspecified atom stereocenters. The topological polar surface area (TPSA) is 30.3 Å². The first kappa shape index (κ1) is 14.0. The van der Waals surface area contributed by atoms with E-state index in [2.05, 4.69) is 45.8 Å². The molecule has 0 aliphatic carbocycles. The van der Waals surface area contributed by atoms with Gasteiger partial charge in [0.25, 0.3) is 0 Å². The molecular weight excluding hydrogens is 274 g/mol. The highest BCUT2D eigenvalue weighted by Crippen LogP contribution is 2.29. The van der Waals surface area contributed by atoms with E-state index in [4.69, 9.17) is 4.74 Å². The maximum absolute atomic E-state index is 5.53. The van der Waals surface area contributed by atoms with E-state index in [-0.39, 0.29) is 0 Å². The number of rotatable bonds is 3. The molecule has 1 saturated heterocycles. The highest BCUT2D eigenvalue weighted by atomic mass is 16.5. The van der Waals surface area contributed by atoms with Crippen molar-refractivity contribution in [3.8, 4) is 5.69 Å². The lowest BCUT2D eigenvalue weighted by atomic mass is 9.97. The summed E-state index contributed by atoms with van der Waals surface area (Å²) in [6.45, 7) is 7.22. The van der Waals surface area contributed by atoms with Gasteiger partial charge in [-0.25, -0.2) is 4.98 Å². The van der Waals surface area contributed by atoms with Gasteiger partial charge < -0.3 is 14.2 Å². The van der Waals surface area contributed by atoms with Crippen molar-refractivity contribution in [2.24, 2.45) is 0 Å². The molecule has 0 spiro atoms. The van der Waals surface area contributed by atoms with Crippen LogP contribution in [0.15, 0.2) is 30.6 Å². The summed E-state index contributed by atoms with van der Waals surface area (Å²) >= 11 is 0. The summed E-state index contributed by atoms with van der Waals surface area (Å²) in [6.07, 6.45) is 6.53. The van der Waals surface area contributed by atoms with Crippen molar-refractivity contribution in [3.63, 3.8) is 0 Å². The number of hydrogen-bond acceptors (Lipinski definition) is 3. The second-order valence-electron chi connectivity index (χ2n) is 6.33. The van der Waals surface area contributed by atoms with E-state index in [1.54, 1.807) is 0 Å². The quantitative estimate of drug-likeness (QED) is 0.872. The molecule has 2 aliphatic heterocycles. The molecule has 2 aliphatic rings. The van der Waals surface area contributed by atoms with E-state index >= 15 is 0 Å². The zero-order valence-electron chi connectivity index (χ0n) is 13.2. The number of aromatic nitrogens is 2. The third-order valence-corrected chi connectivity index (χ3v) is 4.97. The molecule has 3 heterocycles. The van der Waals surface area contributed by atoms with Crippen molar-refractivity contribution in [2.45, 2.75) is 38.9 Å². The molecule has 0 radical (unpaired) electrons. The van der Waals surface area contributed by atoms with Gasteiger partial charge in [0.2, 0.25) is 0 Å². The fourth-order valence-corrected chi connectivity index (χ4v) is 3.70. The molecule has 1 fully saturated rings. The number of benzene rings is 1. The van der Waals surface area contributed by atoms with Crippen LogP contribution in [0.4, 0.5) is 0 Å². The van der Waals surface area contributed by atoms with Gasteiger partial charge in [0.1, 0.15) is 5.82 Å². The lowest BCUT2D eigenvalue weighted by molar-refractivity contribution is 0.134. The van der Waals surface area contributed by atoms with Crippen molar-refractivity contribution in [3.05, 3.63) is 47.5 Å². The number of likely N-dealkylation sites (tertiary alicyclic amines) is 1. The maximum Gasteiger partial charge on any atom is 0.117 e. The first-order chi connectivity index (χ1) is 10.8. The summed E-state index contributed by atoms with van der Waals surface area (Å²) in [6, 6.07) is 6.65. The van der Waals surface area contributed by atoms with Gasteiger partial charge in [-0.05, 0) is 49.2 Å². The van der Waals surface area contributed by atoms with E-state index < -0.39 is 0 Å². The van der Waals surface area contributed by atoms with Gasteiger partial charge in [-0.2, -0.15) is 0 Å². The molecule has 0 amide bonds. The van der Waals surface area contributed by atoms with Crippen LogP contribution < -0.4 is 0 Å². The summed E-state index contributed by atoms with van der Waals surface area (Å²) in [4.78, 5) is 7.22. The van der Waals surface area contributed by atoms with Gasteiger partial charge in [0, 0.05) is 30.5 Å². The average molecular weight is 297 g/mol. The predicted molar refractivity (Wildman–Crippen MR) is 86.1 cm³/mol. The third kappa shape index (κ3) is 2.46. The van der Waals surface area contributed by atoms with E-state index in [0.717, 1.165) is 26.3 Å². The minimum atomic E-state index is 0.535. The number of piperidine rings is 1. The van der Waals surface area contributed by atoms with Crippen LogP contribution in [-0.2, 0) is 18.0 Å². The zero-order valence-corrected chi connectivity index (χ0v) is 13.2. The van der Waals surface area contributed by atoms with Crippen molar-refractivity contribution in [1.82, 2.24) is 14.5 Å². The molecule has 4 nitrogen and oxygen atoms in total. The number of hydrogen-bond donors (Lipinski definition) is 0. The van der Waals surface area contributed by atoms with Crippen LogP contribution in [-0.4, -0.2) is 34.1 Å². The Hall–Kier alpha value is -1.65. The Morgan fingerprint density at radius 3 is 3.09 bits per heavy atom. The molecule has 1 aromatic carbocycles. The van der Waals surface area contributed by atoms with Crippen LogP contribution in [0.2, 0.25) is 0 Å². The fourth-order valence-electron chi connectivity index (χ4n) is 3.70. The van der Waals surface area contributed by atoms with E-state index in [1.165, 1.54) is 42.0 Å². The summed E-state index contributed by atoms with van der Waals surface area (Å²) in [5, 5.41) is 0. The van der Waals surface area contributed by atoms with Crippen LogP contribution in [0.1, 0.15) is 42.6 Å². The second kappa shape index (κ2) is 5.86. The Morgan fingerprint density at radius 2 is 2.18 bits per heavy atom. The minimum absolute atomic E-state index is 0.535. The van der Waals surface area contributed by atoms with Gasteiger partial charge in [0.15, 0.2) is 0 Å². The zero-order chi connectivity index (χ0) is 14.9. The SMILES string of the molecule is CCN1CCCC(c2nccn2-c2ccc3c(c2)COC3)C1. The Bertz CT molecular complexity index is 664. The minimum Gasteiger partial charge on any atom is -0.372 e. The van der Waals surface area contributed by atoms with Crippen LogP contribution in [0.3, 0.4) is 0 Å². The molecule has 0 saturated carbocycles. The van der Waals surface area contributed by atoms with Crippen LogP contribution in [0.5, 0.6) is 0 Å². The summed E-state index contributed by atoms with van der Waals surface area (Å²) < 4.78 is 7.80. The van der Waals surface area contributed by atoms with E-state index in [9.17, 15) is 0 Å². The molecule has 4 heteroatoms. The molecule has 2 aromatic rings. The Morgan fingerprint density at radius 1 is 1.27 bits per heavy atom. The van der Waals surface area contributed by atoms with Crippen molar-refractivity contribution in [2.75, 3.05) is 19.6 Å². The van der Waals surface area contributed by atoms with Crippen LogP contribution >= 0.6 is 0 Å². The number of ether oxygens (including phenoxy) is 1. The second-order valence-corrected chi connectivity index (χ2v) is 6.33. The summed E-state index contributed by atoms with van der Waals surface area (Å²) in [7, 11) is 0. The largest absolute Gasteiger partial charge is 0.372 e. The standard InChI is InChI=1S/C18H23N3O/c1-2-20-8-3-4-14(11-20)18-19-7-9-21(18)17-6-5-15-12-22-13-16(15)10-17/h5-7,9-10,14H,2-4,8,11-13H2,1H3. The first-order valence-corrected chi connectivity index (χ1v) is 8.30. The number of imidazole rings is 1. The van der Waals surface area contributed by atoms with Crippen LogP contribution in [0.25, 0.3) is 5.69 Å². The Kier molecular flexibility index (Phi) is 3.72. The molecule has 1 atom stereocenters. The van der Waals surface area contributed by atoms with Crippen molar-refractivity contribution < 1.29 is 4.74 Å². The summed E-state index contributed by atoms with van der Waals surface area (Å²) in [5.74, 6) is 1.74. The lowest BCUT2D eigenvalue weighted by Crippen LogP contribution is -2.35. The molecule has 116 valence electrons. The predicted octanol–water partition coefficient (Wildman–Crippen LogP) is 3.10. The van der Waals surface area contributed by atoms with Crippen molar-refractivity contribution in [1.29, 1.82) is 0 Å². The van der Waals surface area contributed by atoms with Crippen molar-refractivity contribution >= 4 is 0 Å². The lowest BCUT2D eigenvalue weighted by Gasteiger charge is -2.31. The highest BCUT2D eigenvalue weighted by Gasteiger charge is 2.24. The molecule has 1 aromatic heterocycles. The van der Waals surface area contributed by atoms with Gasteiger partial charge in [-0.1, -0.05) is 13.0 Å². The van der Waals surface area contributed by atoms with E-state index in [0.29, 0.717) is 5.92 Å². The smallest absolute Gasteiger partial charge is 0.117 e. The fraction of sp³-hybridized carbons (Fsp3) is 0.500. The highest BCUT2D eigenvalue weighted by molar-refractivity contribution is 5.42. The number of nitrogens with zero attached hydrogens (tertiary/aromatic N) is 3. The van der Waals surface area contributed by atoms with E-state index in [1.807, 2.05) is 6.20 Å². The third-order valence-electron chi connectivity index (χ3n) is 4.97. The molecule has 22 heavy (non-hydrogen) atoms. The number of fused-ring (bicyclic) bond motifs is 1. The first-order valence-electron chi connectivity index (χ1n) is 8.30. The molecule has 4 rings (SSSR count). The van der Waals surface area contributed by atoms with Crippen LogP contribution in [0, 0.1) is 0 Å². The Balaban J connectivity index is 1.65. The van der Waals surface area contributed by atoms with Gasteiger partial charge in [-0.15, -0.1) is 0 Å². The molecular formula is C18H23N3O. The summed E-state index contributed by atoms with van der Waals surface area (Å²) in [5.41, 5.74) is 3.85. The maximum atomic E-state index is 5.53. The normalized spacial score (nSPS) is 22.0. The average Bonchev–Trinajstić information content (AvgIpc) is 3.23. The van der Waals surface area contributed by atoms with Gasteiger partial charge >= 0.3 is 0 Å².